The molecule has 0 unspecified atom stereocenters. The lowest BCUT2D eigenvalue weighted by molar-refractivity contribution is 0.0994. The maximum Gasteiger partial charge on any atom is 0.169 e. The molecule has 1 N–H and O–H groups in total. The van der Waals surface area contributed by atoms with Gasteiger partial charge in [-0.3, -0.25) is 4.79 Å². The van der Waals surface area contributed by atoms with Crippen LogP contribution >= 0.6 is 0 Å². The Bertz CT molecular complexity index is 766. The number of Topliss-reactive ketones (excluding diaryl/α,β-unsaturated/α-hetero) is 1. The van der Waals surface area contributed by atoms with Gasteiger partial charge in [0.25, 0.3) is 0 Å². The van der Waals surface area contributed by atoms with Crippen LogP contribution in [0.25, 0.3) is 10.9 Å². The molecule has 0 saturated carbocycles. The van der Waals surface area contributed by atoms with Crippen molar-refractivity contribution in [1.82, 2.24) is 4.98 Å². The van der Waals surface area contributed by atoms with Gasteiger partial charge in [-0.05, 0) is 25.5 Å². The van der Waals surface area contributed by atoms with E-state index in [4.69, 9.17) is 0 Å². The molecule has 0 amide bonds. The van der Waals surface area contributed by atoms with E-state index < -0.39 is 0 Å². The number of hydrogen-bond donors (Lipinski definition) is 1. The predicted octanol–water partition coefficient (Wildman–Crippen LogP) is 4.21. The first-order chi connectivity index (χ1) is 9.65. The van der Waals surface area contributed by atoms with E-state index in [2.05, 4.69) is 11.9 Å². The molecule has 1 aromatic heterocycles. The zero-order valence-corrected chi connectivity index (χ0v) is 11.7. The number of aromatic nitrogens is 1. The Hall–Kier alpha value is -2.35. The van der Waals surface area contributed by atoms with Crippen molar-refractivity contribution < 1.29 is 4.79 Å². The van der Waals surface area contributed by atoms with Crippen molar-refractivity contribution in [3.63, 3.8) is 0 Å². The smallest absolute Gasteiger partial charge is 0.169 e. The average Bonchev–Trinajstić information content (AvgIpc) is 2.77. The van der Waals surface area contributed by atoms with E-state index in [9.17, 15) is 4.79 Å². The molecule has 100 valence electrons. The second-order valence-corrected chi connectivity index (χ2v) is 5.26. The zero-order valence-electron chi connectivity index (χ0n) is 11.7. The summed E-state index contributed by atoms with van der Waals surface area (Å²) in [6.07, 6.45) is 0.447. The lowest BCUT2D eigenvalue weighted by Gasteiger charge is -2.03. The number of fused-ring (bicyclic) bond motifs is 1. The molecule has 0 bridgehead atoms. The molecule has 0 atom stereocenters. The summed E-state index contributed by atoms with van der Waals surface area (Å²) in [6, 6.07) is 16.1. The lowest BCUT2D eigenvalue weighted by Crippen LogP contribution is -2.04. The first-order valence-electron chi connectivity index (χ1n) is 6.81. The quantitative estimate of drug-likeness (QED) is 0.705. The number of aromatic amines is 1. The number of aryl methyl sites for hydroxylation is 2. The van der Waals surface area contributed by atoms with Gasteiger partial charge < -0.3 is 4.98 Å². The number of ketones is 1. The predicted molar refractivity (Wildman–Crippen MR) is 82.2 cm³/mol. The fourth-order valence-electron chi connectivity index (χ4n) is 2.62. The summed E-state index contributed by atoms with van der Waals surface area (Å²) in [5.74, 6) is 0.170. The highest BCUT2D eigenvalue weighted by molar-refractivity contribution is 6.09. The molecular formula is C18H17NO. The largest absolute Gasteiger partial charge is 0.358 e. The Morgan fingerprint density at radius 2 is 1.70 bits per heavy atom. The Morgan fingerprint density at radius 3 is 2.45 bits per heavy atom. The summed E-state index contributed by atoms with van der Waals surface area (Å²) in [5, 5.41) is 1.02. The van der Waals surface area contributed by atoms with Gasteiger partial charge in [0, 0.05) is 28.6 Å². The van der Waals surface area contributed by atoms with Crippen LogP contribution in [0.15, 0.2) is 48.5 Å². The standard InChI is InChI=1S/C18H17NO/c1-12-7-9-14(10-8-12)11-17(20)18-13(2)19-16-6-4-3-5-15(16)18/h3-10,19H,11H2,1-2H3. The number of para-hydroxylation sites is 1. The topological polar surface area (TPSA) is 32.9 Å². The van der Waals surface area contributed by atoms with Crippen molar-refractivity contribution in [2.24, 2.45) is 0 Å². The summed E-state index contributed by atoms with van der Waals surface area (Å²) < 4.78 is 0. The highest BCUT2D eigenvalue weighted by Gasteiger charge is 2.15. The van der Waals surface area contributed by atoms with Gasteiger partial charge in [-0.2, -0.15) is 0 Å². The van der Waals surface area contributed by atoms with Gasteiger partial charge in [0.2, 0.25) is 0 Å². The van der Waals surface area contributed by atoms with Gasteiger partial charge in [-0.1, -0.05) is 48.0 Å². The zero-order chi connectivity index (χ0) is 14.1. The average molecular weight is 263 g/mol. The molecule has 0 spiro atoms. The Morgan fingerprint density at radius 1 is 1.00 bits per heavy atom. The minimum Gasteiger partial charge on any atom is -0.358 e. The van der Waals surface area contributed by atoms with E-state index in [0.717, 1.165) is 27.7 Å². The monoisotopic (exact) mass is 263 g/mol. The van der Waals surface area contributed by atoms with Gasteiger partial charge in [0.15, 0.2) is 5.78 Å². The number of carbonyl (C=O) groups is 1. The van der Waals surface area contributed by atoms with Crippen LogP contribution < -0.4 is 0 Å². The Kier molecular flexibility index (Phi) is 3.15. The molecule has 1 heterocycles. The van der Waals surface area contributed by atoms with Crippen molar-refractivity contribution in [2.45, 2.75) is 20.3 Å². The minimum atomic E-state index is 0.170. The first-order valence-corrected chi connectivity index (χ1v) is 6.81. The molecule has 2 heteroatoms. The molecule has 3 rings (SSSR count). The van der Waals surface area contributed by atoms with Crippen LogP contribution in [0.3, 0.4) is 0 Å². The maximum absolute atomic E-state index is 12.6. The summed E-state index contributed by atoms with van der Waals surface area (Å²) in [6.45, 7) is 4.01. The molecule has 3 aromatic rings. The third kappa shape index (κ3) is 2.25. The second-order valence-electron chi connectivity index (χ2n) is 5.26. The molecule has 2 aromatic carbocycles. The number of hydrogen-bond acceptors (Lipinski definition) is 1. The van der Waals surface area contributed by atoms with Crippen LogP contribution in [0, 0.1) is 13.8 Å². The first kappa shape index (κ1) is 12.7. The van der Waals surface area contributed by atoms with E-state index in [1.807, 2.05) is 55.5 Å². The van der Waals surface area contributed by atoms with Gasteiger partial charge >= 0.3 is 0 Å². The molecule has 0 aliphatic carbocycles. The Balaban J connectivity index is 1.96. The summed E-state index contributed by atoms with van der Waals surface area (Å²) >= 11 is 0. The molecule has 2 nitrogen and oxygen atoms in total. The lowest BCUT2D eigenvalue weighted by atomic mass is 10.00. The van der Waals surface area contributed by atoms with Crippen LogP contribution in [-0.2, 0) is 6.42 Å². The van der Waals surface area contributed by atoms with Crippen LogP contribution in [0.5, 0.6) is 0 Å². The number of nitrogens with one attached hydrogen (secondary N) is 1. The number of carbonyl (C=O) groups excluding carboxylic acids is 1. The van der Waals surface area contributed by atoms with Gasteiger partial charge in [0.1, 0.15) is 0 Å². The van der Waals surface area contributed by atoms with E-state index in [-0.39, 0.29) is 5.78 Å². The highest BCUT2D eigenvalue weighted by Crippen LogP contribution is 2.23. The van der Waals surface area contributed by atoms with Crippen molar-refractivity contribution in [1.29, 1.82) is 0 Å². The van der Waals surface area contributed by atoms with Crippen molar-refractivity contribution in [3.8, 4) is 0 Å². The molecular weight excluding hydrogens is 246 g/mol. The van der Waals surface area contributed by atoms with E-state index in [0.29, 0.717) is 6.42 Å². The van der Waals surface area contributed by atoms with Crippen LogP contribution in [0.4, 0.5) is 0 Å². The maximum atomic E-state index is 12.6. The van der Waals surface area contributed by atoms with Gasteiger partial charge in [0.05, 0.1) is 0 Å². The Labute approximate surface area is 118 Å². The molecule has 0 fully saturated rings. The van der Waals surface area contributed by atoms with E-state index >= 15 is 0 Å². The highest BCUT2D eigenvalue weighted by atomic mass is 16.1. The van der Waals surface area contributed by atoms with Crippen molar-refractivity contribution in [2.75, 3.05) is 0 Å². The number of benzene rings is 2. The summed E-state index contributed by atoms with van der Waals surface area (Å²) in [4.78, 5) is 15.9. The molecule has 0 saturated heterocycles. The fourth-order valence-corrected chi connectivity index (χ4v) is 2.62. The van der Waals surface area contributed by atoms with Crippen molar-refractivity contribution in [3.05, 3.63) is 70.9 Å². The van der Waals surface area contributed by atoms with Crippen molar-refractivity contribution >= 4 is 16.7 Å². The van der Waals surface area contributed by atoms with Gasteiger partial charge in [-0.25, -0.2) is 0 Å². The number of H-pyrrole nitrogens is 1. The summed E-state index contributed by atoms with van der Waals surface area (Å²) in [5.41, 5.74) is 5.07. The van der Waals surface area contributed by atoms with Crippen LogP contribution in [0.2, 0.25) is 0 Å². The normalized spacial score (nSPS) is 10.9. The van der Waals surface area contributed by atoms with Crippen LogP contribution in [0.1, 0.15) is 27.2 Å². The van der Waals surface area contributed by atoms with E-state index in [1.54, 1.807) is 0 Å². The molecule has 0 aliphatic heterocycles. The molecule has 20 heavy (non-hydrogen) atoms. The second kappa shape index (κ2) is 4.97. The van der Waals surface area contributed by atoms with Gasteiger partial charge in [-0.15, -0.1) is 0 Å². The molecule has 0 aliphatic rings. The SMILES string of the molecule is Cc1ccc(CC(=O)c2c(C)[nH]c3ccccc23)cc1. The minimum absolute atomic E-state index is 0.170. The third-order valence-electron chi connectivity index (χ3n) is 3.66. The van der Waals surface area contributed by atoms with Crippen LogP contribution in [-0.4, -0.2) is 10.8 Å². The molecule has 0 radical (unpaired) electrons. The summed E-state index contributed by atoms with van der Waals surface area (Å²) in [7, 11) is 0. The fraction of sp³-hybridized carbons (Fsp3) is 0.167. The number of rotatable bonds is 3. The third-order valence-corrected chi connectivity index (χ3v) is 3.66. The van der Waals surface area contributed by atoms with E-state index in [1.165, 1.54) is 5.56 Å².